The van der Waals surface area contributed by atoms with Gasteiger partial charge < -0.3 is 14.3 Å². The topological polar surface area (TPSA) is 65.7 Å². The molecule has 128 valence electrons. The highest BCUT2D eigenvalue weighted by Crippen LogP contribution is 2.17. The first kappa shape index (κ1) is 16.4. The lowest BCUT2D eigenvalue weighted by Crippen LogP contribution is -2.51. The third-order valence-corrected chi connectivity index (χ3v) is 3.95. The molecular formula is C16H20FN5O2. The van der Waals surface area contributed by atoms with Gasteiger partial charge in [0, 0.05) is 45.8 Å². The van der Waals surface area contributed by atoms with E-state index in [0.29, 0.717) is 36.9 Å². The Balaban J connectivity index is 1.56. The van der Waals surface area contributed by atoms with E-state index >= 15 is 0 Å². The first-order valence-electron chi connectivity index (χ1n) is 7.80. The number of hydrogen-bond donors (Lipinski definition) is 0. The molecule has 1 aliphatic rings. The number of urea groups is 1. The van der Waals surface area contributed by atoms with Crippen LogP contribution >= 0.6 is 0 Å². The third kappa shape index (κ3) is 3.70. The summed E-state index contributed by atoms with van der Waals surface area (Å²) in [5, 5.41) is 3.94. The standard InChI is InChI=1S/C16H20FN5O2/c1-20(2)16(23)22-9-7-21(8-10-22)11-14-18-15(19-24-14)12-3-5-13(17)6-4-12/h3-6H,7-11H2,1-2H3. The van der Waals surface area contributed by atoms with Crippen molar-refractivity contribution in [3.8, 4) is 11.4 Å². The molecule has 0 spiro atoms. The van der Waals surface area contributed by atoms with Crippen LogP contribution in [0.3, 0.4) is 0 Å². The van der Waals surface area contributed by atoms with Crippen LogP contribution in [-0.2, 0) is 6.54 Å². The highest BCUT2D eigenvalue weighted by Gasteiger charge is 2.23. The van der Waals surface area contributed by atoms with Gasteiger partial charge in [0.2, 0.25) is 11.7 Å². The molecule has 1 saturated heterocycles. The first-order chi connectivity index (χ1) is 11.5. The number of rotatable bonds is 3. The average Bonchev–Trinajstić information content (AvgIpc) is 3.04. The van der Waals surface area contributed by atoms with Crippen molar-refractivity contribution in [1.82, 2.24) is 24.8 Å². The van der Waals surface area contributed by atoms with E-state index in [1.807, 2.05) is 4.90 Å². The molecule has 2 amide bonds. The van der Waals surface area contributed by atoms with Gasteiger partial charge in [0.1, 0.15) is 5.82 Å². The van der Waals surface area contributed by atoms with Crippen molar-refractivity contribution < 1.29 is 13.7 Å². The van der Waals surface area contributed by atoms with Crippen molar-refractivity contribution >= 4 is 6.03 Å². The number of amides is 2. The van der Waals surface area contributed by atoms with Gasteiger partial charge in [-0.3, -0.25) is 4.90 Å². The highest BCUT2D eigenvalue weighted by atomic mass is 19.1. The smallest absolute Gasteiger partial charge is 0.319 e. The van der Waals surface area contributed by atoms with Crippen LogP contribution < -0.4 is 0 Å². The summed E-state index contributed by atoms with van der Waals surface area (Å²) >= 11 is 0. The average molecular weight is 333 g/mol. The number of halogens is 1. The van der Waals surface area contributed by atoms with Crippen LogP contribution in [0.1, 0.15) is 5.89 Å². The van der Waals surface area contributed by atoms with Gasteiger partial charge in [-0.1, -0.05) is 5.16 Å². The number of nitrogens with zero attached hydrogens (tertiary/aromatic N) is 5. The molecule has 1 aromatic heterocycles. The van der Waals surface area contributed by atoms with Crippen LogP contribution in [0.5, 0.6) is 0 Å². The summed E-state index contributed by atoms with van der Waals surface area (Å²) in [6, 6.07) is 6.01. The molecule has 2 aromatic rings. The number of benzene rings is 1. The van der Waals surface area contributed by atoms with Crippen molar-refractivity contribution in [3.63, 3.8) is 0 Å². The molecule has 0 radical (unpaired) electrons. The Bertz CT molecular complexity index is 693. The van der Waals surface area contributed by atoms with Crippen LogP contribution in [0.15, 0.2) is 28.8 Å². The molecular weight excluding hydrogens is 313 g/mol. The van der Waals surface area contributed by atoms with Gasteiger partial charge in [0.25, 0.3) is 0 Å². The molecule has 8 heteroatoms. The zero-order valence-electron chi connectivity index (χ0n) is 13.8. The maximum atomic E-state index is 13.0. The second-order valence-corrected chi connectivity index (χ2v) is 5.96. The molecule has 0 atom stereocenters. The quantitative estimate of drug-likeness (QED) is 0.855. The maximum absolute atomic E-state index is 13.0. The minimum atomic E-state index is -0.299. The van der Waals surface area contributed by atoms with Gasteiger partial charge in [-0.2, -0.15) is 4.98 Å². The Labute approximate surface area is 139 Å². The predicted molar refractivity (Wildman–Crippen MR) is 85.6 cm³/mol. The zero-order chi connectivity index (χ0) is 17.1. The fourth-order valence-electron chi connectivity index (χ4n) is 2.61. The van der Waals surface area contributed by atoms with E-state index in [4.69, 9.17) is 4.52 Å². The first-order valence-corrected chi connectivity index (χ1v) is 7.80. The molecule has 1 fully saturated rings. The minimum absolute atomic E-state index is 0.0334. The van der Waals surface area contributed by atoms with Crippen molar-refractivity contribution in [2.24, 2.45) is 0 Å². The van der Waals surface area contributed by atoms with Gasteiger partial charge in [-0.05, 0) is 24.3 Å². The van der Waals surface area contributed by atoms with Gasteiger partial charge in [0.05, 0.1) is 6.54 Å². The van der Waals surface area contributed by atoms with E-state index in [1.54, 1.807) is 31.1 Å². The summed E-state index contributed by atoms with van der Waals surface area (Å²) < 4.78 is 18.2. The van der Waals surface area contributed by atoms with Gasteiger partial charge in [-0.15, -0.1) is 0 Å². The van der Waals surface area contributed by atoms with E-state index in [0.717, 1.165) is 13.1 Å². The Morgan fingerprint density at radius 1 is 1.21 bits per heavy atom. The molecule has 7 nitrogen and oxygen atoms in total. The summed E-state index contributed by atoms with van der Waals surface area (Å²) in [4.78, 5) is 21.9. The van der Waals surface area contributed by atoms with Crippen LogP contribution in [0.4, 0.5) is 9.18 Å². The predicted octanol–water partition coefficient (Wildman–Crippen LogP) is 1.67. The Morgan fingerprint density at radius 2 is 1.88 bits per heavy atom. The molecule has 0 bridgehead atoms. The Morgan fingerprint density at radius 3 is 2.50 bits per heavy atom. The molecule has 3 rings (SSSR count). The van der Waals surface area contributed by atoms with Crippen molar-refractivity contribution in [1.29, 1.82) is 0 Å². The molecule has 24 heavy (non-hydrogen) atoms. The lowest BCUT2D eigenvalue weighted by molar-refractivity contribution is 0.113. The second kappa shape index (κ2) is 6.96. The summed E-state index contributed by atoms with van der Waals surface area (Å²) in [6.07, 6.45) is 0. The summed E-state index contributed by atoms with van der Waals surface area (Å²) in [6.45, 7) is 3.41. The highest BCUT2D eigenvalue weighted by molar-refractivity contribution is 5.73. The zero-order valence-corrected chi connectivity index (χ0v) is 13.8. The number of piperazine rings is 1. The third-order valence-electron chi connectivity index (χ3n) is 3.95. The van der Waals surface area contributed by atoms with Gasteiger partial charge >= 0.3 is 6.03 Å². The van der Waals surface area contributed by atoms with Gasteiger partial charge in [0.15, 0.2) is 0 Å². The fraction of sp³-hybridized carbons (Fsp3) is 0.438. The second-order valence-electron chi connectivity index (χ2n) is 5.96. The molecule has 0 aliphatic carbocycles. The number of carbonyl (C=O) groups is 1. The van der Waals surface area contributed by atoms with Crippen molar-refractivity contribution in [3.05, 3.63) is 36.0 Å². The Hall–Kier alpha value is -2.48. The largest absolute Gasteiger partial charge is 0.338 e. The normalized spacial score (nSPS) is 15.5. The molecule has 0 saturated carbocycles. The van der Waals surface area contributed by atoms with Crippen LogP contribution in [-0.4, -0.2) is 71.1 Å². The monoisotopic (exact) mass is 333 g/mol. The SMILES string of the molecule is CN(C)C(=O)N1CCN(Cc2nc(-c3ccc(F)cc3)no2)CC1. The summed E-state index contributed by atoms with van der Waals surface area (Å²) in [7, 11) is 3.51. The van der Waals surface area contributed by atoms with Crippen LogP contribution in [0.2, 0.25) is 0 Å². The van der Waals surface area contributed by atoms with E-state index < -0.39 is 0 Å². The van der Waals surface area contributed by atoms with E-state index in [1.165, 1.54) is 12.1 Å². The molecule has 1 aliphatic heterocycles. The number of hydrogen-bond acceptors (Lipinski definition) is 5. The number of aromatic nitrogens is 2. The van der Waals surface area contributed by atoms with Gasteiger partial charge in [-0.25, -0.2) is 9.18 Å². The number of carbonyl (C=O) groups excluding carboxylic acids is 1. The van der Waals surface area contributed by atoms with Crippen LogP contribution in [0.25, 0.3) is 11.4 Å². The summed E-state index contributed by atoms with van der Waals surface area (Å²) in [5.74, 6) is 0.667. The maximum Gasteiger partial charge on any atom is 0.319 e. The molecule has 1 aromatic carbocycles. The van der Waals surface area contributed by atoms with Crippen molar-refractivity contribution in [2.75, 3.05) is 40.3 Å². The minimum Gasteiger partial charge on any atom is -0.338 e. The molecule has 2 heterocycles. The van der Waals surface area contributed by atoms with E-state index in [-0.39, 0.29) is 11.8 Å². The molecule has 0 unspecified atom stereocenters. The molecule has 0 N–H and O–H groups in total. The van der Waals surface area contributed by atoms with Crippen LogP contribution in [0, 0.1) is 5.82 Å². The Kier molecular flexibility index (Phi) is 4.75. The lowest BCUT2D eigenvalue weighted by atomic mass is 10.2. The summed E-state index contributed by atoms with van der Waals surface area (Å²) in [5.41, 5.74) is 0.716. The fourth-order valence-corrected chi connectivity index (χ4v) is 2.61. The van der Waals surface area contributed by atoms with Crippen molar-refractivity contribution in [2.45, 2.75) is 6.54 Å². The van der Waals surface area contributed by atoms with E-state index in [2.05, 4.69) is 15.0 Å². The van der Waals surface area contributed by atoms with E-state index in [9.17, 15) is 9.18 Å². The lowest BCUT2D eigenvalue weighted by Gasteiger charge is -2.35.